The molecule has 2 aromatic heterocycles. The van der Waals surface area contributed by atoms with Crippen molar-refractivity contribution in [1.82, 2.24) is 25.3 Å². The Kier molecular flexibility index (Phi) is 4.10. The molecule has 0 radical (unpaired) electrons. The zero-order chi connectivity index (χ0) is 16.4. The van der Waals surface area contributed by atoms with Gasteiger partial charge in [0.25, 0.3) is 0 Å². The molecule has 3 heterocycles. The number of benzene rings is 1. The van der Waals surface area contributed by atoms with Crippen molar-refractivity contribution in [1.29, 1.82) is 0 Å². The molecule has 24 heavy (non-hydrogen) atoms. The number of methoxy groups -OCH3 is 1. The van der Waals surface area contributed by atoms with Crippen molar-refractivity contribution in [2.75, 3.05) is 20.2 Å². The topological polar surface area (TPSA) is 64.9 Å². The average Bonchev–Trinajstić information content (AvgIpc) is 3.34. The van der Waals surface area contributed by atoms with E-state index in [0.717, 1.165) is 46.5 Å². The van der Waals surface area contributed by atoms with Gasteiger partial charge in [-0.3, -0.25) is 0 Å². The number of aromatic nitrogens is 4. The van der Waals surface area contributed by atoms with Gasteiger partial charge in [0.1, 0.15) is 10.8 Å². The summed E-state index contributed by atoms with van der Waals surface area (Å²) in [5, 5.41) is 18.2. The Hall–Kier alpha value is -2.51. The molecular formula is C17H17N5OS. The second kappa shape index (κ2) is 6.54. The number of nitrogens with one attached hydrogen (secondary N) is 1. The predicted octanol–water partition coefficient (Wildman–Crippen LogP) is 2.78. The first-order chi connectivity index (χ1) is 11.8. The Bertz CT molecular complexity index is 869. The minimum Gasteiger partial charge on any atom is -0.496 e. The lowest BCUT2D eigenvalue weighted by Gasteiger charge is -2.10. The fourth-order valence-electron chi connectivity index (χ4n) is 2.70. The molecule has 0 fully saturated rings. The molecule has 6 nitrogen and oxygen atoms in total. The van der Waals surface area contributed by atoms with Crippen molar-refractivity contribution in [3.05, 3.63) is 47.7 Å². The number of rotatable bonds is 4. The summed E-state index contributed by atoms with van der Waals surface area (Å²) in [5.74, 6) is 0.769. The van der Waals surface area contributed by atoms with Gasteiger partial charge in [0.05, 0.1) is 18.4 Å². The minimum atomic E-state index is 0.769. The first-order valence-corrected chi connectivity index (χ1v) is 8.59. The monoisotopic (exact) mass is 339 g/mol. The van der Waals surface area contributed by atoms with Crippen molar-refractivity contribution < 1.29 is 4.74 Å². The van der Waals surface area contributed by atoms with E-state index in [9.17, 15) is 0 Å². The molecule has 0 aliphatic carbocycles. The highest BCUT2D eigenvalue weighted by molar-refractivity contribution is 7.15. The molecule has 0 unspecified atom stereocenters. The van der Waals surface area contributed by atoms with Crippen LogP contribution in [0.2, 0.25) is 0 Å². The van der Waals surface area contributed by atoms with Gasteiger partial charge in [-0.25, -0.2) is 4.68 Å². The molecule has 7 heteroatoms. The molecule has 0 bridgehead atoms. The second-order valence-corrected chi connectivity index (χ2v) is 6.41. The maximum Gasteiger partial charge on any atom is 0.151 e. The Labute approximate surface area is 143 Å². The average molecular weight is 339 g/mol. The van der Waals surface area contributed by atoms with Crippen LogP contribution in [0.3, 0.4) is 0 Å². The smallest absolute Gasteiger partial charge is 0.151 e. The van der Waals surface area contributed by atoms with E-state index < -0.39 is 0 Å². The summed E-state index contributed by atoms with van der Waals surface area (Å²) in [6.45, 7) is 1.88. The van der Waals surface area contributed by atoms with Gasteiger partial charge in [-0.15, -0.1) is 10.2 Å². The van der Waals surface area contributed by atoms with Crippen LogP contribution in [0.15, 0.2) is 42.7 Å². The van der Waals surface area contributed by atoms with E-state index in [2.05, 4.69) is 26.7 Å². The van der Waals surface area contributed by atoms with Gasteiger partial charge in [-0.2, -0.15) is 5.10 Å². The molecule has 0 saturated carbocycles. The van der Waals surface area contributed by atoms with E-state index in [1.165, 1.54) is 5.57 Å². The van der Waals surface area contributed by atoms with E-state index in [0.29, 0.717) is 0 Å². The first kappa shape index (κ1) is 15.0. The Balaban J connectivity index is 1.69. The SMILES string of the molecule is COc1cc(-n2cccn2)ccc1-c1nnc(C2=CCNCC2)s1. The third-order valence-corrected chi connectivity index (χ3v) is 4.98. The van der Waals surface area contributed by atoms with Crippen LogP contribution in [0, 0.1) is 0 Å². The van der Waals surface area contributed by atoms with Crippen molar-refractivity contribution in [3.63, 3.8) is 0 Å². The lowest BCUT2D eigenvalue weighted by molar-refractivity contribution is 0.416. The van der Waals surface area contributed by atoms with E-state index in [1.807, 2.05) is 30.5 Å². The summed E-state index contributed by atoms with van der Waals surface area (Å²) < 4.78 is 7.37. The van der Waals surface area contributed by atoms with Gasteiger partial charge in [0, 0.05) is 25.0 Å². The van der Waals surface area contributed by atoms with Crippen molar-refractivity contribution in [2.24, 2.45) is 0 Å². The zero-order valence-electron chi connectivity index (χ0n) is 13.3. The predicted molar refractivity (Wildman–Crippen MR) is 94.5 cm³/mol. The number of nitrogens with zero attached hydrogens (tertiary/aromatic N) is 4. The molecule has 1 N–H and O–H groups in total. The van der Waals surface area contributed by atoms with Crippen LogP contribution in [0.4, 0.5) is 0 Å². The van der Waals surface area contributed by atoms with E-state index >= 15 is 0 Å². The van der Waals surface area contributed by atoms with Gasteiger partial charge in [0.2, 0.25) is 0 Å². The zero-order valence-corrected chi connectivity index (χ0v) is 14.1. The lowest BCUT2D eigenvalue weighted by atomic mass is 10.1. The van der Waals surface area contributed by atoms with Crippen LogP contribution in [0.5, 0.6) is 5.75 Å². The highest BCUT2D eigenvalue weighted by Crippen LogP contribution is 2.35. The largest absolute Gasteiger partial charge is 0.496 e. The van der Waals surface area contributed by atoms with Crippen LogP contribution in [-0.4, -0.2) is 40.2 Å². The van der Waals surface area contributed by atoms with Crippen LogP contribution in [0.1, 0.15) is 11.4 Å². The van der Waals surface area contributed by atoms with Crippen LogP contribution in [-0.2, 0) is 0 Å². The first-order valence-electron chi connectivity index (χ1n) is 7.77. The third kappa shape index (κ3) is 2.83. The Morgan fingerprint density at radius 2 is 2.17 bits per heavy atom. The van der Waals surface area contributed by atoms with Gasteiger partial charge in [-0.05, 0) is 36.7 Å². The molecule has 122 valence electrons. The molecule has 1 aliphatic rings. The highest BCUT2D eigenvalue weighted by Gasteiger charge is 2.16. The summed E-state index contributed by atoms with van der Waals surface area (Å²) in [6, 6.07) is 7.88. The van der Waals surface area contributed by atoms with Crippen molar-refractivity contribution >= 4 is 16.9 Å². The van der Waals surface area contributed by atoms with Gasteiger partial charge in [0.15, 0.2) is 5.01 Å². The van der Waals surface area contributed by atoms with Crippen LogP contribution in [0.25, 0.3) is 21.8 Å². The molecule has 4 rings (SSSR count). The fraction of sp³-hybridized carbons (Fsp3) is 0.235. The van der Waals surface area contributed by atoms with Gasteiger partial charge >= 0.3 is 0 Å². The lowest BCUT2D eigenvalue weighted by Crippen LogP contribution is -2.19. The molecule has 1 aromatic carbocycles. The summed E-state index contributed by atoms with van der Waals surface area (Å²) in [7, 11) is 1.67. The van der Waals surface area contributed by atoms with Crippen molar-refractivity contribution in [2.45, 2.75) is 6.42 Å². The molecule has 0 spiro atoms. The number of ether oxygens (including phenoxy) is 1. The Morgan fingerprint density at radius 1 is 1.25 bits per heavy atom. The van der Waals surface area contributed by atoms with Gasteiger partial charge in [-0.1, -0.05) is 17.4 Å². The second-order valence-electron chi connectivity index (χ2n) is 5.43. The molecule has 0 saturated heterocycles. The summed E-state index contributed by atoms with van der Waals surface area (Å²) >= 11 is 1.60. The number of hydrogen-bond acceptors (Lipinski definition) is 6. The van der Waals surface area contributed by atoms with E-state index in [-0.39, 0.29) is 0 Å². The normalized spacial score (nSPS) is 14.5. The summed E-state index contributed by atoms with van der Waals surface area (Å²) in [4.78, 5) is 0. The highest BCUT2D eigenvalue weighted by atomic mass is 32.1. The molecule has 0 amide bonds. The van der Waals surface area contributed by atoms with Crippen LogP contribution >= 0.6 is 11.3 Å². The minimum absolute atomic E-state index is 0.769. The molecule has 1 aliphatic heterocycles. The standard InChI is InChI=1S/C17H17N5OS/c1-23-15-11-13(22-10-2-7-19-22)3-4-14(15)17-21-20-16(24-17)12-5-8-18-9-6-12/h2-5,7,10-11,18H,6,8-9H2,1H3. The maximum atomic E-state index is 5.57. The molecular weight excluding hydrogens is 322 g/mol. The number of hydrogen-bond donors (Lipinski definition) is 1. The quantitative estimate of drug-likeness (QED) is 0.792. The maximum absolute atomic E-state index is 5.57. The molecule has 3 aromatic rings. The van der Waals surface area contributed by atoms with Crippen LogP contribution < -0.4 is 10.1 Å². The van der Waals surface area contributed by atoms with Crippen molar-refractivity contribution in [3.8, 4) is 22.0 Å². The fourth-order valence-corrected chi connectivity index (χ4v) is 3.64. The van der Waals surface area contributed by atoms with E-state index in [4.69, 9.17) is 4.74 Å². The third-order valence-electron chi connectivity index (χ3n) is 3.95. The summed E-state index contributed by atoms with van der Waals surface area (Å²) in [6.07, 6.45) is 6.83. The summed E-state index contributed by atoms with van der Waals surface area (Å²) in [5.41, 5.74) is 3.17. The Morgan fingerprint density at radius 3 is 2.92 bits per heavy atom. The van der Waals surface area contributed by atoms with Gasteiger partial charge < -0.3 is 10.1 Å². The molecule has 0 atom stereocenters. The van der Waals surface area contributed by atoms with E-state index in [1.54, 1.807) is 29.3 Å².